The van der Waals surface area contributed by atoms with Gasteiger partial charge in [0.2, 0.25) is 0 Å². The number of nitrogens with zero attached hydrogens (tertiary/aromatic N) is 1. The van der Waals surface area contributed by atoms with Crippen molar-refractivity contribution in [3.8, 4) is 11.5 Å². The Bertz CT molecular complexity index is 882. The lowest BCUT2D eigenvalue weighted by atomic mass is 10.2. The third-order valence-electron chi connectivity index (χ3n) is 3.65. The molecule has 0 fully saturated rings. The van der Waals surface area contributed by atoms with Crippen LogP contribution in [-0.4, -0.2) is 13.3 Å². The quantitative estimate of drug-likeness (QED) is 0.489. The summed E-state index contributed by atoms with van der Waals surface area (Å²) >= 11 is 0. The number of methoxy groups -OCH3 is 1. The first-order chi connectivity index (χ1) is 12.7. The predicted molar refractivity (Wildman–Crippen MR) is 101 cm³/mol. The fraction of sp³-hybridized carbons (Fsp3) is 0.0952. The molecule has 5 heteroatoms. The van der Waals surface area contributed by atoms with E-state index in [1.807, 2.05) is 54.6 Å². The minimum atomic E-state index is -0.286. The van der Waals surface area contributed by atoms with Crippen molar-refractivity contribution in [1.29, 1.82) is 0 Å². The van der Waals surface area contributed by atoms with Crippen molar-refractivity contribution in [2.24, 2.45) is 5.10 Å². The number of nitrogens with one attached hydrogen (secondary N) is 1. The molecule has 3 aromatic carbocycles. The summed E-state index contributed by atoms with van der Waals surface area (Å²) in [5.74, 6) is 0.890. The van der Waals surface area contributed by atoms with E-state index in [2.05, 4.69) is 10.5 Å². The SMILES string of the molecule is COc1ccc(C=NNc2ccccc2)cc1OCc1cccc(F)c1. The smallest absolute Gasteiger partial charge is 0.162 e. The largest absolute Gasteiger partial charge is 0.493 e. The third-order valence-corrected chi connectivity index (χ3v) is 3.65. The van der Waals surface area contributed by atoms with Crippen molar-refractivity contribution in [1.82, 2.24) is 0 Å². The number of benzene rings is 3. The van der Waals surface area contributed by atoms with Crippen molar-refractivity contribution in [2.45, 2.75) is 6.61 Å². The summed E-state index contributed by atoms with van der Waals surface area (Å²) in [6, 6.07) is 21.5. The molecule has 0 aromatic heterocycles. The third kappa shape index (κ3) is 4.83. The van der Waals surface area contributed by atoms with Gasteiger partial charge in [-0.1, -0.05) is 30.3 Å². The van der Waals surface area contributed by atoms with E-state index < -0.39 is 0 Å². The molecule has 0 radical (unpaired) electrons. The van der Waals surface area contributed by atoms with Gasteiger partial charge in [0.15, 0.2) is 11.5 Å². The molecule has 0 heterocycles. The molecule has 0 bridgehead atoms. The summed E-state index contributed by atoms with van der Waals surface area (Å²) in [6.07, 6.45) is 1.70. The van der Waals surface area contributed by atoms with Crippen LogP contribution in [-0.2, 0) is 6.61 Å². The predicted octanol–water partition coefficient (Wildman–Crippen LogP) is 4.86. The van der Waals surface area contributed by atoms with E-state index in [-0.39, 0.29) is 12.4 Å². The number of hydrogen-bond acceptors (Lipinski definition) is 4. The molecule has 0 amide bonds. The van der Waals surface area contributed by atoms with Crippen LogP contribution in [0, 0.1) is 5.82 Å². The van der Waals surface area contributed by atoms with Crippen LogP contribution in [0.5, 0.6) is 11.5 Å². The number of halogens is 1. The number of anilines is 1. The molecule has 0 saturated carbocycles. The van der Waals surface area contributed by atoms with Crippen LogP contribution in [0.1, 0.15) is 11.1 Å². The molecule has 0 saturated heterocycles. The maximum atomic E-state index is 13.3. The zero-order chi connectivity index (χ0) is 18.2. The molecule has 3 aromatic rings. The lowest BCUT2D eigenvalue weighted by Crippen LogP contribution is -1.99. The molecule has 0 atom stereocenters. The Labute approximate surface area is 151 Å². The number of para-hydroxylation sites is 1. The van der Waals surface area contributed by atoms with Crippen molar-refractivity contribution in [3.63, 3.8) is 0 Å². The standard InChI is InChI=1S/C21H19FN2O2/c1-25-20-11-10-16(14-23-24-19-8-3-2-4-9-19)13-21(20)26-15-17-6-5-7-18(22)12-17/h2-14,24H,15H2,1H3. The monoisotopic (exact) mass is 350 g/mol. The molecule has 0 unspecified atom stereocenters. The summed E-state index contributed by atoms with van der Waals surface area (Å²) in [5.41, 5.74) is 5.46. The minimum Gasteiger partial charge on any atom is -0.493 e. The van der Waals surface area contributed by atoms with Crippen molar-refractivity contribution >= 4 is 11.9 Å². The minimum absolute atomic E-state index is 0.247. The maximum absolute atomic E-state index is 13.3. The first-order valence-electron chi connectivity index (χ1n) is 8.14. The first-order valence-corrected chi connectivity index (χ1v) is 8.14. The van der Waals surface area contributed by atoms with Gasteiger partial charge in [-0.25, -0.2) is 4.39 Å². The van der Waals surface area contributed by atoms with E-state index in [0.717, 1.165) is 16.8 Å². The topological polar surface area (TPSA) is 42.8 Å². The van der Waals surface area contributed by atoms with Gasteiger partial charge in [-0.2, -0.15) is 5.10 Å². The molecular formula is C21H19FN2O2. The van der Waals surface area contributed by atoms with Gasteiger partial charge < -0.3 is 9.47 Å². The van der Waals surface area contributed by atoms with Gasteiger partial charge in [-0.3, -0.25) is 5.43 Å². The van der Waals surface area contributed by atoms with Crippen molar-refractivity contribution in [3.05, 3.63) is 89.7 Å². The Morgan fingerprint density at radius 2 is 1.81 bits per heavy atom. The highest BCUT2D eigenvalue weighted by Gasteiger charge is 2.06. The molecule has 3 rings (SSSR count). The number of hydrogen-bond donors (Lipinski definition) is 1. The Morgan fingerprint density at radius 3 is 2.58 bits per heavy atom. The summed E-state index contributed by atoms with van der Waals surface area (Å²) in [4.78, 5) is 0. The lowest BCUT2D eigenvalue weighted by Gasteiger charge is -2.11. The van der Waals surface area contributed by atoms with E-state index in [1.54, 1.807) is 19.4 Å². The van der Waals surface area contributed by atoms with E-state index in [4.69, 9.17) is 9.47 Å². The average Bonchev–Trinajstić information content (AvgIpc) is 2.67. The van der Waals surface area contributed by atoms with Crippen LogP contribution in [0.2, 0.25) is 0 Å². The van der Waals surface area contributed by atoms with Crippen LogP contribution in [0.15, 0.2) is 77.9 Å². The zero-order valence-corrected chi connectivity index (χ0v) is 14.4. The lowest BCUT2D eigenvalue weighted by molar-refractivity contribution is 0.284. The van der Waals surface area contributed by atoms with Crippen LogP contribution < -0.4 is 14.9 Å². The summed E-state index contributed by atoms with van der Waals surface area (Å²) < 4.78 is 24.4. The second-order valence-corrected chi connectivity index (χ2v) is 5.56. The second kappa shape index (κ2) is 8.67. The average molecular weight is 350 g/mol. The highest BCUT2D eigenvalue weighted by Crippen LogP contribution is 2.28. The summed E-state index contributed by atoms with van der Waals surface area (Å²) in [7, 11) is 1.58. The number of hydrazone groups is 1. The fourth-order valence-electron chi connectivity index (χ4n) is 2.37. The zero-order valence-electron chi connectivity index (χ0n) is 14.4. The Hall–Kier alpha value is -3.34. The molecule has 26 heavy (non-hydrogen) atoms. The summed E-state index contributed by atoms with van der Waals surface area (Å²) in [5, 5.41) is 4.22. The molecule has 0 aliphatic rings. The Morgan fingerprint density at radius 1 is 0.962 bits per heavy atom. The maximum Gasteiger partial charge on any atom is 0.162 e. The summed E-state index contributed by atoms with van der Waals surface area (Å²) in [6.45, 7) is 0.247. The highest BCUT2D eigenvalue weighted by atomic mass is 19.1. The van der Waals surface area contributed by atoms with Gasteiger partial charge in [0.05, 0.1) is 19.0 Å². The van der Waals surface area contributed by atoms with Gasteiger partial charge in [0.25, 0.3) is 0 Å². The van der Waals surface area contributed by atoms with Gasteiger partial charge in [-0.05, 0) is 53.6 Å². The van der Waals surface area contributed by atoms with Crippen LogP contribution >= 0.6 is 0 Å². The van der Waals surface area contributed by atoms with E-state index >= 15 is 0 Å². The molecule has 0 aliphatic carbocycles. The Kier molecular flexibility index (Phi) is 5.83. The van der Waals surface area contributed by atoms with E-state index in [1.165, 1.54) is 12.1 Å². The van der Waals surface area contributed by atoms with Crippen molar-refractivity contribution < 1.29 is 13.9 Å². The molecular weight excluding hydrogens is 331 g/mol. The second-order valence-electron chi connectivity index (χ2n) is 5.56. The molecule has 0 aliphatic heterocycles. The van der Waals surface area contributed by atoms with Gasteiger partial charge in [0, 0.05) is 0 Å². The number of ether oxygens (including phenoxy) is 2. The molecule has 0 spiro atoms. The van der Waals surface area contributed by atoms with Crippen molar-refractivity contribution in [2.75, 3.05) is 12.5 Å². The first kappa shape index (κ1) is 17.5. The normalized spacial score (nSPS) is 10.7. The van der Waals surface area contributed by atoms with Gasteiger partial charge in [0.1, 0.15) is 12.4 Å². The molecule has 1 N–H and O–H groups in total. The van der Waals surface area contributed by atoms with E-state index in [0.29, 0.717) is 11.5 Å². The van der Waals surface area contributed by atoms with Gasteiger partial charge >= 0.3 is 0 Å². The van der Waals surface area contributed by atoms with Crippen LogP contribution in [0.4, 0.5) is 10.1 Å². The van der Waals surface area contributed by atoms with Crippen LogP contribution in [0.3, 0.4) is 0 Å². The molecule has 132 valence electrons. The fourth-order valence-corrected chi connectivity index (χ4v) is 2.37. The van der Waals surface area contributed by atoms with Crippen LogP contribution in [0.25, 0.3) is 0 Å². The molecule has 4 nitrogen and oxygen atoms in total. The van der Waals surface area contributed by atoms with Gasteiger partial charge in [-0.15, -0.1) is 0 Å². The highest BCUT2D eigenvalue weighted by molar-refractivity contribution is 5.81. The van der Waals surface area contributed by atoms with E-state index in [9.17, 15) is 4.39 Å². The Balaban J connectivity index is 1.69. The number of rotatable bonds is 7.